The number of imidazole rings is 1. The molecule has 1 heterocycles. The first kappa shape index (κ1) is 17.3. The van der Waals surface area contributed by atoms with Crippen LogP contribution in [0.15, 0.2) is 66.7 Å². The Hall–Kier alpha value is -3.07. The van der Waals surface area contributed by atoms with Crippen LogP contribution in [0.2, 0.25) is 0 Å². The number of benzene rings is 3. The maximum atomic E-state index is 6.16. The van der Waals surface area contributed by atoms with Gasteiger partial charge in [-0.25, -0.2) is 4.98 Å². The topological polar surface area (TPSA) is 27.1 Å². The van der Waals surface area contributed by atoms with Crippen LogP contribution in [0.3, 0.4) is 0 Å². The third kappa shape index (κ3) is 3.45. The van der Waals surface area contributed by atoms with Gasteiger partial charge in [-0.15, -0.1) is 0 Å². The summed E-state index contributed by atoms with van der Waals surface area (Å²) in [6.07, 6.45) is 0. The molecule has 0 aliphatic carbocycles. The summed E-state index contributed by atoms with van der Waals surface area (Å²) in [4.78, 5) is 4.89. The van der Waals surface area contributed by atoms with Gasteiger partial charge in [0, 0.05) is 5.56 Å². The first-order valence-electron chi connectivity index (χ1n) is 9.35. The van der Waals surface area contributed by atoms with Gasteiger partial charge < -0.3 is 9.30 Å². The molecular formula is C24H24N2O. The predicted octanol–water partition coefficient (Wildman–Crippen LogP) is 5.71. The highest BCUT2D eigenvalue weighted by Gasteiger charge is 2.13. The van der Waals surface area contributed by atoms with Gasteiger partial charge >= 0.3 is 0 Å². The molecule has 0 aliphatic rings. The van der Waals surface area contributed by atoms with Crippen molar-refractivity contribution in [3.8, 4) is 17.1 Å². The molecule has 1 aromatic heterocycles. The molecular weight excluding hydrogens is 332 g/mol. The number of fused-ring (bicyclic) bond motifs is 1. The van der Waals surface area contributed by atoms with Crippen molar-refractivity contribution in [2.45, 2.75) is 27.3 Å². The molecule has 0 fully saturated rings. The summed E-state index contributed by atoms with van der Waals surface area (Å²) >= 11 is 0. The van der Waals surface area contributed by atoms with Gasteiger partial charge in [-0.1, -0.05) is 54.1 Å². The number of ether oxygens (including phenoxy) is 1. The second-order valence-corrected chi connectivity index (χ2v) is 7.01. The van der Waals surface area contributed by atoms with Gasteiger partial charge in [0.05, 0.1) is 17.6 Å². The lowest BCUT2D eigenvalue weighted by atomic mass is 10.1. The van der Waals surface area contributed by atoms with E-state index in [1.807, 2.05) is 6.07 Å². The van der Waals surface area contributed by atoms with Gasteiger partial charge in [0.2, 0.25) is 0 Å². The fraction of sp³-hybridized carbons (Fsp3) is 0.208. The third-order valence-corrected chi connectivity index (χ3v) is 4.90. The van der Waals surface area contributed by atoms with Gasteiger partial charge in [0.25, 0.3) is 0 Å². The summed E-state index contributed by atoms with van der Waals surface area (Å²) in [6.45, 7) is 7.64. The van der Waals surface area contributed by atoms with Crippen LogP contribution in [0, 0.1) is 20.8 Å². The molecule has 136 valence electrons. The number of nitrogens with zero attached hydrogens (tertiary/aromatic N) is 2. The van der Waals surface area contributed by atoms with E-state index in [0.29, 0.717) is 6.61 Å². The van der Waals surface area contributed by atoms with E-state index in [0.717, 1.165) is 34.7 Å². The quantitative estimate of drug-likeness (QED) is 0.458. The van der Waals surface area contributed by atoms with Crippen LogP contribution in [0.4, 0.5) is 0 Å². The normalized spacial score (nSPS) is 11.1. The number of para-hydroxylation sites is 3. The molecule has 3 heteroatoms. The lowest BCUT2D eigenvalue weighted by Crippen LogP contribution is -2.10. The lowest BCUT2D eigenvalue weighted by Gasteiger charge is -2.14. The van der Waals surface area contributed by atoms with E-state index in [-0.39, 0.29) is 0 Å². The van der Waals surface area contributed by atoms with Crippen molar-refractivity contribution in [3.05, 3.63) is 83.4 Å². The zero-order valence-electron chi connectivity index (χ0n) is 16.1. The van der Waals surface area contributed by atoms with E-state index < -0.39 is 0 Å². The van der Waals surface area contributed by atoms with Crippen molar-refractivity contribution in [3.63, 3.8) is 0 Å². The summed E-state index contributed by atoms with van der Waals surface area (Å²) in [5, 5.41) is 0. The number of hydrogen-bond donors (Lipinski definition) is 0. The number of rotatable bonds is 5. The number of aromatic nitrogens is 2. The standard InChI is InChI=1S/C24H24N2O/c1-17-8-6-11-20(16-17)24-25-21-12-4-5-13-22(21)26(24)14-15-27-23-18(2)9-7-10-19(23)3/h4-13,16H,14-15H2,1-3H3. The van der Waals surface area contributed by atoms with E-state index in [1.54, 1.807) is 0 Å². The molecule has 3 nitrogen and oxygen atoms in total. The van der Waals surface area contributed by atoms with Crippen LogP contribution in [-0.2, 0) is 6.54 Å². The van der Waals surface area contributed by atoms with Gasteiger partial charge in [-0.3, -0.25) is 0 Å². The second-order valence-electron chi connectivity index (χ2n) is 7.01. The molecule has 0 saturated heterocycles. The smallest absolute Gasteiger partial charge is 0.141 e. The largest absolute Gasteiger partial charge is 0.491 e. The summed E-state index contributed by atoms with van der Waals surface area (Å²) in [5.74, 6) is 1.98. The Balaban J connectivity index is 1.67. The maximum absolute atomic E-state index is 6.16. The highest BCUT2D eigenvalue weighted by Crippen LogP contribution is 2.26. The molecule has 4 aromatic rings. The van der Waals surface area contributed by atoms with Gasteiger partial charge in [0.1, 0.15) is 18.2 Å². The minimum atomic E-state index is 0.602. The fourth-order valence-corrected chi connectivity index (χ4v) is 3.57. The molecule has 0 aliphatic heterocycles. The van der Waals surface area contributed by atoms with Crippen LogP contribution in [0.5, 0.6) is 5.75 Å². The Bertz CT molecular complexity index is 1070. The van der Waals surface area contributed by atoms with Crippen LogP contribution in [-0.4, -0.2) is 16.2 Å². The Morgan fingerprint density at radius 3 is 2.37 bits per heavy atom. The molecule has 27 heavy (non-hydrogen) atoms. The lowest BCUT2D eigenvalue weighted by molar-refractivity contribution is 0.297. The molecule has 0 unspecified atom stereocenters. The first-order valence-corrected chi connectivity index (χ1v) is 9.35. The second kappa shape index (κ2) is 7.28. The number of hydrogen-bond acceptors (Lipinski definition) is 2. The van der Waals surface area contributed by atoms with E-state index in [2.05, 4.69) is 86.0 Å². The summed E-state index contributed by atoms with van der Waals surface area (Å²) in [5.41, 5.74) is 6.87. The van der Waals surface area contributed by atoms with Crippen LogP contribution in [0.25, 0.3) is 22.4 Å². The summed E-state index contributed by atoms with van der Waals surface area (Å²) < 4.78 is 8.42. The Morgan fingerprint density at radius 2 is 1.59 bits per heavy atom. The van der Waals surface area contributed by atoms with Crippen molar-refractivity contribution in [2.75, 3.05) is 6.61 Å². The minimum Gasteiger partial charge on any atom is -0.491 e. The van der Waals surface area contributed by atoms with E-state index >= 15 is 0 Å². The van der Waals surface area contributed by atoms with E-state index in [4.69, 9.17) is 9.72 Å². The van der Waals surface area contributed by atoms with Crippen LogP contribution in [0.1, 0.15) is 16.7 Å². The van der Waals surface area contributed by atoms with E-state index in [1.165, 1.54) is 16.7 Å². The fourth-order valence-electron chi connectivity index (χ4n) is 3.57. The third-order valence-electron chi connectivity index (χ3n) is 4.90. The SMILES string of the molecule is Cc1cccc(-c2nc3ccccc3n2CCOc2c(C)cccc2C)c1. The van der Waals surface area contributed by atoms with Gasteiger partial charge in [-0.2, -0.15) is 0 Å². The van der Waals surface area contributed by atoms with E-state index in [9.17, 15) is 0 Å². The zero-order chi connectivity index (χ0) is 18.8. The number of aryl methyl sites for hydroxylation is 3. The Morgan fingerprint density at radius 1 is 0.852 bits per heavy atom. The average molecular weight is 356 g/mol. The van der Waals surface area contributed by atoms with Crippen LogP contribution < -0.4 is 4.74 Å². The Labute approximate surface area is 160 Å². The summed E-state index contributed by atoms with van der Waals surface area (Å²) in [6, 6.07) is 23.0. The van der Waals surface area contributed by atoms with Crippen molar-refractivity contribution in [1.29, 1.82) is 0 Å². The summed E-state index contributed by atoms with van der Waals surface area (Å²) in [7, 11) is 0. The maximum Gasteiger partial charge on any atom is 0.141 e. The highest BCUT2D eigenvalue weighted by atomic mass is 16.5. The van der Waals surface area contributed by atoms with Crippen molar-refractivity contribution >= 4 is 11.0 Å². The van der Waals surface area contributed by atoms with Crippen LogP contribution >= 0.6 is 0 Å². The Kier molecular flexibility index (Phi) is 4.68. The van der Waals surface area contributed by atoms with Crippen molar-refractivity contribution in [2.24, 2.45) is 0 Å². The van der Waals surface area contributed by atoms with Gasteiger partial charge in [0.15, 0.2) is 0 Å². The molecule has 0 N–H and O–H groups in total. The van der Waals surface area contributed by atoms with Crippen molar-refractivity contribution < 1.29 is 4.74 Å². The molecule has 0 bridgehead atoms. The molecule has 3 aromatic carbocycles. The first-order chi connectivity index (χ1) is 13.1. The predicted molar refractivity (Wildman–Crippen MR) is 111 cm³/mol. The minimum absolute atomic E-state index is 0.602. The monoisotopic (exact) mass is 356 g/mol. The molecule has 0 spiro atoms. The molecule has 0 amide bonds. The zero-order valence-corrected chi connectivity index (χ0v) is 16.1. The van der Waals surface area contributed by atoms with Gasteiger partial charge in [-0.05, 0) is 50.1 Å². The molecule has 0 radical (unpaired) electrons. The molecule has 0 atom stereocenters. The van der Waals surface area contributed by atoms with Crippen molar-refractivity contribution in [1.82, 2.24) is 9.55 Å². The molecule has 0 saturated carbocycles. The highest BCUT2D eigenvalue weighted by molar-refractivity contribution is 5.80. The average Bonchev–Trinajstić information content (AvgIpc) is 3.03. The molecule has 4 rings (SSSR count).